The van der Waals surface area contributed by atoms with Gasteiger partial charge in [0.2, 0.25) is 0 Å². The van der Waals surface area contributed by atoms with Gasteiger partial charge in [0, 0.05) is 36.2 Å². The van der Waals surface area contributed by atoms with E-state index in [0.29, 0.717) is 25.7 Å². The van der Waals surface area contributed by atoms with E-state index in [9.17, 15) is 4.79 Å². The number of carbonyl (C=O) groups is 1. The Morgan fingerprint density at radius 1 is 1.19 bits per heavy atom. The van der Waals surface area contributed by atoms with Crippen LogP contribution in [0.3, 0.4) is 0 Å². The molecule has 26 heavy (non-hydrogen) atoms. The van der Waals surface area contributed by atoms with E-state index in [4.69, 9.17) is 15.2 Å². The van der Waals surface area contributed by atoms with Crippen molar-refractivity contribution in [2.24, 2.45) is 11.7 Å². The molecule has 0 bridgehead atoms. The minimum absolute atomic E-state index is 0.0952. The smallest absolute Gasteiger partial charge is 0.255 e. The summed E-state index contributed by atoms with van der Waals surface area (Å²) in [7, 11) is 0. The first-order valence-electron chi connectivity index (χ1n) is 9.16. The molecule has 1 aromatic carbocycles. The number of ether oxygens (including phenoxy) is 2. The monoisotopic (exact) mass is 355 g/mol. The van der Waals surface area contributed by atoms with Crippen LogP contribution in [0.15, 0.2) is 24.3 Å². The van der Waals surface area contributed by atoms with Crippen LogP contribution >= 0.6 is 0 Å². The number of rotatable bonds is 3. The first-order chi connectivity index (χ1) is 12.6. The van der Waals surface area contributed by atoms with Gasteiger partial charge in [-0.25, -0.2) is 0 Å². The number of hydrogen-bond donors (Lipinski definition) is 1. The molecule has 6 heteroatoms. The summed E-state index contributed by atoms with van der Waals surface area (Å²) < 4.78 is 13.4. The minimum Gasteiger partial charge on any atom is -0.486 e. The van der Waals surface area contributed by atoms with E-state index in [-0.39, 0.29) is 5.91 Å². The Balaban J connectivity index is 1.66. The molecule has 0 spiro atoms. The Morgan fingerprint density at radius 2 is 1.96 bits per heavy atom. The first kappa shape index (κ1) is 17.0. The maximum atomic E-state index is 13.0. The van der Waals surface area contributed by atoms with Gasteiger partial charge in [0.25, 0.3) is 5.91 Å². The quantitative estimate of drug-likeness (QED) is 0.917. The van der Waals surface area contributed by atoms with E-state index in [0.717, 1.165) is 53.6 Å². The SMILES string of the molecule is Cc1cc(C(=O)N2CCC(CN)C2)c(C)n1-c1ccc2c(c1)OCCO2. The molecule has 1 unspecified atom stereocenters. The summed E-state index contributed by atoms with van der Waals surface area (Å²) in [5.74, 6) is 2.03. The molecule has 1 amide bonds. The highest BCUT2D eigenvalue weighted by molar-refractivity contribution is 5.96. The summed E-state index contributed by atoms with van der Waals surface area (Å²) >= 11 is 0. The lowest BCUT2D eigenvalue weighted by molar-refractivity contribution is 0.0787. The second kappa shape index (κ2) is 6.68. The van der Waals surface area contributed by atoms with E-state index in [1.165, 1.54) is 0 Å². The fourth-order valence-corrected chi connectivity index (χ4v) is 3.93. The third kappa shape index (κ3) is 2.84. The molecule has 0 radical (unpaired) electrons. The van der Waals surface area contributed by atoms with Crippen LogP contribution in [0, 0.1) is 19.8 Å². The van der Waals surface area contributed by atoms with Crippen LogP contribution in [0.5, 0.6) is 11.5 Å². The number of aryl methyl sites for hydroxylation is 1. The highest BCUT2D eigenvalue weighted by Crippen LogP contribution is 2.33. The predicted octanol–water partition coefficient (Wildman–Crippen LogP) is 2.29. The van der Waals surface area contributed by atoms with Crippen LogP contribution in [0.1, 0.15) is 28.2 Å². The second-order valence-electron chi connectivity index (χ2n) is 7.09. The van der Waals surface area contributed by atoms with Crippen molar-refractivity contribution in [3.8, 4) is 17.2 Å². The summed E-state index contributed by atoms with van der Waals surface area (Å²) in [4.78, 5) is 14.9. The van der Waals surface area contributed by atoms with E-state index >= 15 is 0 Å². The second-order valence-corrected chi connectivity index (χ2v) is 7.09. The third-order valence-corrected chi connectivity index (χ3v) is 5.35. The van der Waals surface area contributed by atoms with Gasteiger partial charge < -0.3 is 24.7 Å². The molecule has 0 aliphatic carbocycles. The van der Waals surface area contributed by atoms with Crippen molar-refractivity contribution in [1.82, 2.24) is 9.47 Å². The molecule has 3 heterocycles. The van der Waals surface area contributed by atoms with Crippen LogP contribution in [0.25, 0.3) is 5.69 Å². The summed E-state index contributed by atoms with van der Waals surface area (Å²) in [5, 5.41) is 0. The van der Waals surface area contributed by atoms with Crippen molar-refractivity contribution in [3.05, 3.63) is 41.2 Å². The van der Waals surface area contributed by atoms with Crippen LogP contribution in [-0.4, -0.2) is 48.2 Å². The largest absolute Gasteiger partial charge is 0.486 e. The number of likely N-dealkylation sites (tertiary alicyclic amines) is 1. The third-order valence-electron chi connectivity index (χ3n) is 5.35. The molecular weight excluding hydrogens is 330 g/mol. The Hall–Kier alpha value is -2.47. The van der Waals surface area contributed by atoms with Gasteiger partial charge in [0.05, 0.1) is 5.56 Å². The molecule has 0 saturated carbocycles. The van der Waals surface area contributed by atoms with Gasteiger partial charge in [-0.1, -0.05) is 0 Å². The number of nitrogens with two attached hydrogens (primary N) is 1. The molecule has 1 fully saturated rings. The highest BCUT2D eigenvalue weighted by Gasteiger charge is 2.28. The normalized spacial score (nSPS) is 19.0. The van der Waals surface area contributed by atoms with Crippen molar-refractivity contribution >= 4 is 5.91 Å². The minimum atomic E-state index is 0.0952. The molecule has 6 nitrogen and oxygen atoms in total. The van der Waals surface area contributed by atoms with Gasteiger partial charge in [-0.05, 0) is 50.9 Å². The van der Waals surface area contributed by atoms with Crippen LogP contribution < -0.4 is 15.2 Å². The molecule has 1 aromatic heterocycles. The number of benzene rings is 1. The maximum Gasteiger partial charge on any atom is 0.255 e. The lowest BCUT2D eigenvalue weighted by Crippen LogP contribution is -2.30. The molecular formula is C20H25N3O3. The van der Waals surface area contributed by atoms with Crippen LogP contribution in [-0.2, 0) is 0 Å². The van der Waals surface area contributed by atoms with Gasteiger partial charge in [0.1, 0.15) is 13.2 Å². The van der Waals surface area contributed by atoms with E-state index < -0.39 is 0 Å². The van der Waals surface area contributed by atoms with Gasteiger partial charge in [-0.3, -0.25) is 4.79 Å². The summed E-state index contributed by atoms with van der Waals surface area (Å²) in [6, 6.07) is 7.88. The van der Waals surface area contributed by atoms with Crippen molar-refractivity contribution in [2.45, 2.75) is 20.3 Å². The molecule has 138 valence electrons. The van der Waals surface area contributed by atoms with Gasteiger partial charge in [0.15, 0.2) is 11.5 Å². The summed E-state index contributed by atoms with van der Waals surface area (Å²) in [6.07, 6.45) is 0.989. The van der Waals surface area contributed by atoms with Crippen molar-refractivity contribution in [1.29, 1.82) is 0 Å². The molecule has 2 N–H and O–H groups in total. The standard InChI is InChI=1S/C20H25N3O3/c1-13-9-17(20(24)22-6-5-15(11-21)12-22)14(2)23(13)16-3-4-18-19(10-16)26-8-7-25-18/h3-4,9-10,15H,5-8,11-12,21H2,1-2H3. The number of amides is 1. The van der Waals surface area contributed by atoms with E-state index in [1.807, 2.05) is 43.0 Å². The first-order valence-corrected chi connectivity index (χ1v) is 9.16. The average Bonchev–Trinajstić information content (AvgIpc) is 3.25. The summed E-state index contributed by atoms with van der Waals surface area (Å²) in [5.41, 5.74) is 9.47. The van der Waals surface area contributed by atoms with Gasteiger partial charge in [-0.2, -0.15) is 0 Å². The number of nitrogens with zero attached hydrogens (tertiary/aromatic N) is 2. The maximum absolute atomic E-state index is 13.0. The van der Waals surface area contributed by atoms with Crippen LogP contribution in [0.4, 0.5) is 0 Å². The van der Waals surface area contributed by atoms with Crippen molar-refractivity contribution in [2.75, 3.05) is 32.8 Å². The fraction of sp³-hybridized carbons (Fsp3) is 0.450. The average molecular weight is 355 g/mol. The van der Waals surface area contributed by atoms with E-state index in [1.54, 1.807) is 0 Å². The molecule has 2 aliphatic rings. The van der Waals surface area contributed by atoms with Crippen molar-refractivity contribution < 1.29 is 14.3 Å². The number of aromatic nitrogens is 1. The molecule has 4 rings (SSSR count). The number of carbonyl (C=O) groups excluding carboxylic acids is 1. The molecule has 1 saturated heterocycles. The molecule has 2 aromatic rings. The number of hydrogen-bond acceptors (Lipinski definition) is 4. The Morgan fingerprint density at radius 3 is 2.69 bits per heavy atom. The zero-order chi connectivity index (χ0) is 18.3. The zero-order valence-electron chi connectivity index (χ0n) is 15.3. The van der Waals surface area contributed by atoms with Gasteiger partial charge >= 0.3 is 0 Å². The van der Waals surface area contributed by atoms with E-state index in [2.05, 4.69) is 4.57 Å². The lowest BCUT2D eigenvalue weighted by Gasteiger charge is -2.20. The summed E-state index contributed by atoms with van der Waals surface area (Å²) in [6.45, 7) is 7.32. The van der Waals surface area contributed by atoms with Gasteiger partial charge in [-0.15, -0.1) is 0 Å². The fourth-order valence-electron chi connectivity index (χ4n) is 3.93. The molecule has 2 aliphatic heterocycles. The highest BCUT2D eigenvalue weighted by atomic mass is 16.6. The zero-order valence-corrected chi connectivity index (χ0v) is 15.3. The number of fused-ring (bicyclic) bond motifs is 1. The Labute approximate surface area is 153 Å². The Kier molecular flexibility index (Phi) is 4.36. The topological polar surface area (TPSA) is 69.7 Å². The predicted molar refractivity (Wildman–Crippen MR) is 99.3 cm³/mol. The molecule has 1 atom stereocenters. The van der Waals surface area contributed by atoms with Crippen LogP contribution in [0.2, 0.25) is 0 Å². The van der Waals surface area contributed by atoms with Crippen molar-refractivity contribution in [3.63, 3.8) is 0 Å². The Bertz CT molecular complexity index is 843. The lowest BCUT2D eigenvalue weighted by atomic mass is 10.1.